The van der Waals surface area contributed by atoms with Crippen LogP contribution in [0.25, 0.3) is 0 Å². The van der Waals surface area contributed by atoms with Crippen LogP contribution in [0.1, 0.15) is 65.7 Å². The van der Waals surface area contributed by atoms with Crippen molar-refractivity contribution in [3.05, 3.63) is 0 Å². The Morgan fingerprint density at radius 1 is 0.739 bits per heavy atom. The zero-order valence-corrected chi connectivity index (χ0v) is 16.7. The van der Waals surface area contributed by atoms with Crippen LogP contribution in [0.3, 0.4) is 0 Å². The lowest BCUT2D eigenvalue weighted by atomic mass is 10.3. The molecule has 0 saturated heterocycles. The monoisotopic (exact) mass is 348 g/mol. The van der Waals surface area contributed by atoms with Gasteiger partial charge in [0.05, 0.1) is 0 Å². The van der Waals surface area contributed by atoms with Gasteiger partial charge in [0.2, 0.25) is 0 Å². The van der Waals surface area contributed by atoms with Crippen molar-refractivity contribution in [2.24, 2.45) is 5.73 Å². The van der Waals surface area contributed by atoms with Crippen molar-refractivity contribution in [2.75, 3.05) is 39.5 Å². The number of hydrogen-bond acceptors (Lipinski definition) is 5. The van der Waals surface area contributed by atoms with E-state index in [1.165, 1.54) is 0 Å². The first-order valence-corrected chi connectivity index (χ1v) is 11.5. The van der Waals surface area contributed by atoms with Crippen molar-refractivity contribution < 1.29 is 13.3 Å². The molecule has 0 aromatic heterocycles. The summed E-state index contributed by atoms with van der Waals surface area (Å²) in [6.07, 6.45) is 7.50. The minimum Gasteiger partial charge on any atom is -0.373 e. The SMILES string of the molecule is CCCO[Si](CCCCNCCCCN)(OCCC)OCCC. The van der Waals surface area contributed by atoms with Crippen LogP contribution in [0.4, 0.5) is 0 Å². The van der Waals surface area contributed by atoms with Crippen LogP contribution in [-0.4, -0.2) is 48.3 Å². The van der Waals surface area contributed by atoms with E-state index in [1.807, 2.05) is 0 Å². The Hall–Kier alpha value is 0.0169. The Morgan fingerprint density at radius 3 is 1.65 bits per heavy atom. The van der Waals surface area contributed by atoms with E-state index >= 15 is 0 Å². The topological polar surface area (TPSA) is 65.7 Å². The van der Waals surface area contributed by atoms with E-state index in [9.17, 15) is 0 Å². The van der Waals surface area contributed by atoms with Crippen LogP contribution < -0.4 is 11.1 Å². The predicted molar refractivity (Wildman–Crippen MR) is 99.7 cm³/mol. The largest absolute Gasteiger partial charge is 0.500 e. The number of unbranched alkanes of at least 4 members (excludes halogenated alkanes) is 2. The molecule has 0 aliphatic carbocycles. The van der Waals surface area contributed by atoms with Gasteiger partial charge in [-0.3, -0.25) is 0 Å². The second-order valence-electron chi connectivity index (χ2n) is 5.93. The molecule has 0 radical (unpaired) electrons. The van der Waals surface area contributed by atoms with Gasteiger partial charge in [0.15, 0.2) is 0 Å². The fraction of sp³-hybridized carbons (Fsp3) is 1.00. The van der Waals surface area contributed by atoms with Crippen molar-refractivity contribution in [3.63, 3.8) is 0 Å². The third-order valence-electron chi connectivity index (χ3n) is 3.47. The smallest absolute Gasteiger partial charge is 0.373 e. The Labute approximate surface area is 145 Å². The van der Waals surface area contributed by atoms with Gasteiger partial charge >= 0.3 is 8.80 Å². The molecule has 0 aromatic rings. The molecule has 0 heterocycles. The molecule has 23 heavy (non-hydrogen) atoms. The Kier molecular flexibility index (Phi) is 16.9. The van der Waals surface area contributed by atoms with Gasteiger partial charge in [0.1, 0.15) is 0 Å². The van der Waals surface area contributed by atoms with Gasteiger partial charge in [-0.1, -0.05) is 20.8 Å². The normalized spacial score (nSPS) is 12.0. The van der Waals surface area contributed by atoms with E-state index in [0.29, 0.717) is 0 Å². The van der Waals surface area contributed by atoms with Crippen LogP contribution >= 0.6 is 0 Å². The van der Waals surface area contributed by atoms with E-state index in [-0.39, 0.29) is 0 Å². The molecule has 0 aliphatic rings. The van der Waals surface area contributed by atoms with E-state index in [0.717, 1.165) is 90.4 Å². The van der Waals surface area contributed by atoms with Crippen LogP contribution in [0.15, 0.2) is 0 Å². The lowest BCUT2D eigenvalue weighted by Gasteiger charge is -2.29. The zero-order chi connectivity index (χ0) is 17.2. The molecule has 0 unspecified atom stereocenters. The quantitative estimate of drug-likeness (QED) is 0.294. The molecule has 0 aromatic carbocycles. The van der Waals surface area contributed by atoms with Gasteiger partial charge in [-0.25, -0.2) is 0 Å². The summed E-state index contributed by atoms with van der Waals surface area (Å²) in [7, 11) is -2.48. The summed E-state index contributed by atoms with van der Waals surface area (Å²) >= 11 is 0. The van der Waals surface area contributed by atoms with E-state index in [4.69, 9.17) is 19.0 Å². The minimum atomic E-state index is -2.48. The van der Waals surface area contributed by atoms with Crippen molar-refractivity contribution in [3.8, 4) is 0 Å². The lowest BCUT2D eigenvalue weighted by Crippen LogP contribution is -2.46. The molecule has 0 bridgehead atoms. The highest BCUT2D eigenvalue weighted by Gasteiger charge is 2.40. The molecule has 0 atom stereocenters. The zero-order valence-electron chi connectivity index (χ0n) is 15.7. The van der Waals surface area contributed by atoms with Gasteiger partial charge in [0.25, 0.3) is 0 Å². The highest BCUT2D eigenvalue weighted by molar-refractivity contribution is 6.60. The molecular formula is C17H40N2O3Si. The molecule has 0 fully saturated rings. The maximum Gasteiger partial charge on any atom is 0.500 e. The van der Waals surface area contributed by atoms with E-state index in [2.05, 4.69) is 26.1 Å². The molecule has 0 amide bonds. The van der Waals surface area contributed by atoms with E-state index < -0.39 is 8.80 Å². The van der Waals surface area contributed by atoms with Crippen LogP contribution in [0.2, 0.25) is 6.04 Å². The molecule has 140 valence electrons. The van der Waals surface area contributed by atoms with Gasteiger partial charge in [0, 0.05) is 25.9 Å². The highest BCUT2D eigenvalue weighted by atomic mass is 28.4. The third kappa shape index (κ3) is 13.0. The Bertz CT molecular complexity index is 224. The summed E-state index contributed by atoms with van der Waals surface area (Å²) in [6.45, 7) is 11.5. The first kappa shape index (κ1) is 23.0. The third-order valence-corrected chi connectivity index (χ3v) is 6.37. The van der Waals surface area contributed by atoms with Crippen molar-refractivity contribution in [2.45, 2.75) is 71.8 Å². The number of hydrogen-bond donors (Lipinski definition) is 2. The molecule has 0 rings (SSSR count). The second-order valence-corrected chi connectivity index (χ2v) is 8.66. The predicted octanol–water partition coefficient (Wildman–Crippen LogP) is 3.31. The standard InChI is InChI=1S/C17H40N2O3Si/c1-4-14-20-23(21-15-5-2,22-16-6-3)17-10-9-13-19-12-8-7-11-18/h19H,4-18H2,1-3H3. The summed E-state index contributed by atoms with van der Waals surface area (Å²) in [4.78, 5) is 0. The van der Waals surface area contributed by atoms with Crippen LogP contribution in [-0.2, 0) is 13.3 Å². The summed E-state index contributed by atoms with van der Waals surface area (Å²) in [5, 5.41) is 3.47. The van der Waals surface area contributed by atoms with Gasteiger partial charge < -0.3 is 24.3 Å². The van der Waals surface area contributed by atoms with E-state index in [1.54, 1.807) is 0 Å². The first-order valence-electron chi connectivity index (χ1n) is 9.57. The average molecular weight is 349 g/mol. The maximum atomic E-state index is 6.10. The average Bonchev–Trinajstić information content (AvgIpc) is 2.58. The Morgan fingerprint density at radius 2 is 1.22 bits per heavy atom. The molecular weight excluding hydrogens is 308 g/mol. The van der Waals surface area contributed by atoms with Crippen molar-refractivity contribution in [1.82, 2.24) is 5.32 Å². The summed E-state index contributed by atoms with van der Waals surface area (Å²) < 4.78 is 18.3. The fourth-order valence-corrected chi connectivity index (χ4v) is 5.14. The van der Waals surface area contributed by atoms with Gasteiger partial charge in [-0.05, 0) is 64.6 Å². The highest BCUT2D eigenvalue weighted by Crippen LogP contribution is 2.20. The van der Waals surface area contributed by atoms with Crippen molar-refractivity contribution in [1.29, 1.82) is 0 Å². The number of nitrogens with two attached hydrogens (primary N) is 1. The maximum absolute atomic E-state index is 6.10. The number of rotatable bonds is 18. The van der Waals surface area contributed by atoms with Gasteiger partial charge in [-0.15, -0.1) is 0 Å². The van der Waals surface area contributed by atoms with Crippen molar-refractivity contribution >= 4 is 8.80 Å². The first-order chi connectivity index (χ1) is 11.2. The molecule has 0 saturated carbocycles. The lowest BCUT2D eigenvalue weighted by molar-refractivity contribution is 0.0586. The molecule has 6 heteroatoms. The second kappa shape index (κ2) is 16.9. The van der Waals surface area contributed by atoms with Gasteiger partial charge in [-0.2, -0.15) is 0 Å². The van der Waals surface area contributed by atoms with Crippen LogP contribution in [0, 0.1) is 0 Å². The molecule has 0 aliphatic heterocycles. The molecule has 5 nitrogen and oxygen atoms in total. The molecule has 0 spiro atoms. The van der Waals surface area contributed by atoms with Crippen LogP contribution in [0.5, 0.6) is 0 Å². The summed E-state index contributed by atoms with van der Waals surface area (Å²) in [5.74, 6) is 0. The summed E-state index contributed by atoms with van der Waals surface area (Å²) in [5.41, 5.74) is 5.49. The molecule has 3 N–H and O–H groups in total. The summed E-state index contributed by atoms with van der Waals surface area (Å²) in [6, 6.07) is 0.928. The fourth-order valence-electron chi connectivity index (χ4n) is 2.23. The number of nitrogens with one attached hydrogen (secondary N) is 1. The minimum absolute atomic E-state index is 0.733. The Balaban J connectivity index is 4.14.